The molecule has 28 heavy (non-hydrogen) atoms. The number of benzene rings is 1. The number of aromatic nitrogens is 2. The molecular weight excluding hydrogens is 376 g/mol. The van der Waals surface area contributed by atoms with Crippen molar-refractivity contribution in [1.29, 1.82) is 0 Å². The minimum Gasteiger partial charge on any atom is -0.356 e. The average molecular weight is 405 g/mol. The molecule has 7 nitrogen and oxygen atoms in total. The van der Waals surface area contributed by atoms with Crippen LogP contribution in [0.15, 0.2) is 33.8 Å². The first-order valence-electron chi connectivity index (χ1n) is 9.85. The van der Waals surface area contributed by atoms with Crippen molar-refractivity contribution in [2.45, 2.75) is 32.2 Å². The number of guanidine groups is 1. The minimum absolute atomic E-state index is 0.555. The highest BCUT2D eigenvalue weighted by molar-refractivity contribution is 6.30. The lowest BCUT2D eigenvalue weighted by Crippen LogP contribution is -2.46. The van der Waals surface area contributed by atoms with Crippen molar-refractivity contribution in [2.75, 3.05) is 40.3 Å². The third-order valence-corrected chi connectivity index (χ3v) is 5.37. The van der Waals surface area contributed by atoms with Crippen molar-refractivity contribution in [1.82, 2.24) is 25.3 Å². The summed E-state index contributed by atoms with van der Waals surface area (Å²) >= 11 is 6.03. The molecule has 1 unspecified atom stereocenters. The number of hydrogen-bond acceptors (Lipinski definition) is 5. The second kappa shape index (κ2) is 9.89. The zero-order valence-electron chi connectivity index (χ0n) is 16.9. The number of nitrogens with one attached hydrogen (secondary N) is 1. The molecule has 2 heterocycles. The van der Waals surface area contributed by atoms with Crippen molar-refractivity contribution >= 4 is 17.6 Å². The summed E-state index contributed by atoms with van der Waals surface area (Å²) in [6.45, 7) is 6.20. The second-order valence-corrected chi connectivity index (χ2v) is 7.49. The van der Waals surface area contributed by atoms with E-state index in [9.17, 15) is 0 Å². The Balaban J connectivity index is 1.49. The molecule has 1 fully saturated rings. The molecule has 1 N–H and O–H groups in total. The van der Waals surface area contributed by atoms with Crippen molar-refractivity contribution in [2.24, 2.45) is 4.99 Å². The lowest BCUT2D eigenvalue weighted by molar-refractivity contribution is 0.232. The van der Waals surface area contributed by atoms with E-state index in [1.165, 1.54) is 19.4 Å². The maximum Gasteiger partial charge on any atom is 0.228 e. The molecule has 152 valence electrons. The SMILES string of the molecule is CCN1CCCC1CN(C)C(=NC)NCCc1nc(-c2cccc(Cl)c2)no1. The molecule has 0 bridgehead atoms. The average Bonchev–Trinajstić information content (AvgIpc) is 3.34. The summed E-state index contributed by atoms with van der Waals surface area (Å²) in [5.74, 6) is 2.03. The van der Waals surface area contributed by atoms with Crippen molar-refractivity contribution < 1.29 is 4.52 Å². The first-order chi connectivity index (χ1) is 13.6. The number of halogens is 1. The van der Waals surface area contributed by atoms with E-state index in [0.717, 1.165) is 24.6 Å². The summed E-state index contributed by atoms with van der Waals surface area (Å²) in [7, 11) is 3.90. The van der Waals surface area contributed by atoms with Crippen LogP contribution in [0.2, 0.25) is 5.02 Å². The second-order valence-electron chi connectivity index (χ2n) is 7.05. The van der Waals surface area contributed by atoms with Crippen molar-refractivity contribution in [3.05, 3.63) is 35.2 Å². The van der Waals surface area contributed by atoms with Crippen LogP contribution in [0.5, 0.6) is 0 Å². The molecule has 0 aliphatic carbocycles. The molecule has 1 aromatic carbocycles. The molecule has 1 atom stereocenters. The number of likely N-dealkylation sites (tertiary alicyclic amines) is 1. The van der Waals surface area contributed by atoms with Gasteiger partial charge >= 0.3 is 0 Å². The van der Waals surface area contributed by atoms with Gasteiger partial charge in [-0.25, -0.2) is 0 Å². The molecule has 1 aliphatic rings. The third-order valence-electron chi connectivity index (χ3n) is 5.14. The van der Waals surface area contributed by atoms with Crippen LogP contribution in [-0.2, 0) is 6.42 Å². The number of nitrogens with zero attached hydrogens (tertiary/aromatic N) is 5. The molecule has 0 saturated carbocycles. The van der Waals surface area contributed by atoms with Crippen LogP contribution in [0.3, 0.4) is 0 Å². The standard InChI is InChI=1S/C20H29ClN6O/c1-4-27-12-6-9-17(27)14-26(3)20(22-2)23-11-10-18-24-19(25-28-18)15-7-5-8-16(21)13-15/h5,7-8,13,17H,4,6,9-12,14H2,1-3H3,(H,22,23). The number of aliphatic imine (C=N–C) groups is 1. The first kappa shape index (κ1) is 20.6. The van der Waals surface area contributed by atoms with Gasteiger partial charge in [-0.1, -0.05) is 35.8 Å². The van der Waals surface area contributed by atoms with E-state index in [4.69, 9.17) is 16.1 Å². The summed E-state index contributed by atoms with van der Waals surface area (Å²) in [5, 5.41) is 8.09. The Labute approximate surface area is 171 Å². The van der Waals surface area contributed by atoms with Crippen molar-refractivity contribution in [3.8, 4) is 11.4 Å². The number of likely N-dealkylation sites (N-methyl/N-ethyl adjacent to an activating group) is 2. The molecule has 8 heteroatoms. The van der Waals surface area contributed by atoms with Gasteiger partial charge in [0.2, 0.25) is 11.7 Å². The van der Waals surface area contributed by atoms with Gasteiger partial charge in [-0.3, -0.25) is 9.89 Å². The summed E-state index contributed by atoms with van der Waals surface area (Å²) in [4.78, 5) is 13.6. The van der Waals surface area contributed by atoms with Crippen LogP contribution >= 0.6 is 11.6 Å². The molecule has 1 saturated heterocycles. The monoisotopic (exact) mass is 404 g/mol. The van der Waals surface area contributed by atoms with Crippen LogP contribution in [0.1, 0.15) is 25.7 Å². The Kier molecular flexibility index (Phi) is 7.28. The molecule has 1 aliphatic heterocycles. The Hall–Kier alpha value is -2.12. The maximum atomic E-state index is 6.03. The minimum atomic E-state index is 0.555. The van der Waals surface area contributed by atoms with E-state index in [0.29, 0.717) is 35.7 Å². The highest BCUT2D eigenvalue weighted by atomic mass is 35.5. The van der Waals surface area contributed by atoms with Gasteiger partial charge in [0, 0.05) is 50.2 Å². The number of rotatable bonds is 7. The highest BCUT2D eigenvalue weighted by Gasteiger charge is 2.24. The van der Waals surface area contributed by atoms with E-state index in [2.05, 4.69) is 44.2 Å². The molecule has 3 rings (SSSR count). The Morgan fingerprint density at radius 3 is 3.07 bits per heavy atom. The molecule has 0 spiro atoms. The van der Waals surface area contributed by atoms with Crippen molar-refractivity contribution in [3.63, 3.8) is 0 Å². The van der Waals surface area contributed by atoms with Crippen LogP contribution in [-0.4, -0.2) is 72.2 Å². The predicted molar refractivity (Wildman–Crippen MR) is 113 cm³/mol. The smallest absolute Gasteiger partial charge is 0.228 e. The fourth-order valence-corrected chi connectivity index (χ4v) is 3.88. The van der Waals surface area contributed by atoms with E-state index in [1.54, 1.807) is 0 Å². The van der Waals surface area contributed by atoms with Gasteiger partial charge in [-0.15, -0.1) is 0 Å². The first-order valence-corrected chi connectivity index (χ1v) is 10.2. The van der Waals surface area contributed by atoms with Crippen LogP contribution in [0.4, 0.5) is 0 Å². The molecule has 0 amide bonds. The van der Waals surface area contributed by atoms with Gasteiger partial charge < -0.3 is 14.7 Å². The Bertz CT molecular complexity index is 793. The fourth-order valence-electron chi connectivity index (χ4n) is 3.69. The van der Waals surface area contributed by atoms with Gasteiger partial charge in [0.15, 0.2) is 5.96 Å². The van der Waals surface area contributed by atoms with Crippen LogP contribution < -0.4 is 5.32 Å². The molecule has 0 radical (unpaired) electrons. The lowest BCUT2D eigenvalue weighted by Gasteiger charge is -2.29. The summed E-state index contributed by atoms with van der Waals surface area (Å²) in [6.07, 6.45) is 3.17. The largest absolute Gasteiger partial charge is 0.356 e. The topological polar surface area (TPSA) is 69.8 Å². The van der Waals surface area contributed by atoms with Crippen LogP contribution in [0.25, 0.3) is 11.4 Å². The van der Waals surface area contributed by atoms with Gasteiger partial charge in [0.25, 0.3) is 0 Å². The summed E-state index contributed by atoms with van der Waals surface area (Å²) in [6, 6.07) is 8.04. The molecule has 2 aromatic rings. The summed E-state index contributed by atoms with van der Waals surface area (Å²) in [5.41, 5.74) is 0.850. The summed E-state index contributed by atoms with van der Waals surface area (Å²) < 4.78 is 5.37. The van der Waals surface area contributed by atoms with Gasteiger partial charge in [0.05, 0.1) is 0 Å². The Morgan fingerprint density at radius 2 is 2.32 bits per heavy atom. The maximum absolute atomic E-state index is 6.03. The quantitative estimate of drug-likeness (QED) is 0.565. The third kappa shape index (κ3) is 5.23. The molecular formula is C20H29ClN6O. The van der Waals surface area contributed by atoms with Gasteiger partial charge in [-0.05, 0) is 38.1 Å². The van der Waals surface area contributed by atoms with E-state index >= 15 is 0 Å². The van der Waals surface area contributed by atoms with E-state index < -0.39 is 0 Å². The normalized spacial score (nSPS) is 17.9. The van der Waals surface area contributed by atoms with Gasteiger partial charge in [0.1, 0.15) is 0 Å². The van der Waals surface area contributed by atoms with E-state index in [-0.39, 0.29) is 0 Å². The molecule has 1 aromatic heterocycles. The lowest BCUT2D eigenvalue weighted by atomic mass is 10.2. The number of hydrogen-bond donors (Lipinski definition) is 1. The van der Waals surface area contributed by atoms with E-state index in [1.807, 2.05) is 31.3 Å². The fraction of sp³-hybridized carbons (Fsp3) is 0.550. The predicted octanol–water partition coefficient (Wildman–Crippen LogP) is 2.92. The van der Waals surface area contributed by atoms with Crippen LogP contribution in [0, 0.1) is 0 Å². The highest BCUT2D eigenvalue weighted by Crippen LogP contribution is 2.20. The Morgan fingerprint density at radius 1 is 1.46 bits per heavy atom. The zero-order chi connectivity index (χ0) is 19.9. The van der Waals surface area contributed by atoms with Gasteiger partial charge in [-0.2, -0.15) is 4.98 Å². The zero-order valence-corrected chi connectivity index (χ0v) is 17.6.